The molecule has 6 nitrogen and oxygen atoms in total. The number of halogens is 2. The zero-order valence-corrected chi connectivity index (χ0v) is 12.0. The van der Waals surface area contributed by atoms with E-state index in [1.54, 1.807) is 18.2 Å². The van der Waals surface area contributed by atoms with Crippen LogP contribution in [0.25, 0.3) is 0 Å². The van der Waals surface area contributed by atoms with E-state index in [4.69, 9.17) is 39.1 Å². The molecule has 3 N–H and O–H groups in total. The fraction of sp³-hybridized carbons (Fsp3) is 0. The Morgan fingerprint density at radius 2 is 1.90 bits per heavy atom. The summed E-state index contributed by atoms with van der Waals surface area (Å²) in [7, 11) is 0. The molecule has 0 amide bonds. The van der Waals surface area contributed by atoms with Gasteiger partial charge in [-0.25, -0.2) is 0 Å². The number of nitrogens with zero attached hydrogens (tertiary/aromatic N) is 1. The molecule has 2 rings (SSSR count). The van der Waals surface area contributed by atoms with Crippen LogP contribution in [0.3, 0.4) is 0 Å². The molecule has 8 heteroatoms. The second-order valence-corrected chi connectivity index (χ2v) is 4.81. The zero-order chi connectivity index (χ0) is 15.6. The van der Waals surface area contributed by atoms with Gasteiger partial charge in [-0.2, -0.15) is 0 Å². The number of hydrogen-bond acceptors (Lipinski definition) is 4. The quantitative estimate of drug-likeness (QED) is 0.384. The Bertz CT molecular complexity index is 735. The van der Waals surface area contributed by atoms with Crippen LogP contribution < -0.4 is 10.5 Å². The Labute approximate surface area is 129 Å². The molecule has 0 aliphatic carbocycles. The van der Waals surface area contributed by atoms with E-state index < -0.39 is 4.92 Å². The van der Waals surface area contributed by atoms with E-state index in [-0.39, 0.29) is 38.6 Å². The Kier molecular flexibility index (Phi) is 4.30. The average molecular weight is 326 g/mol. The van der Waals surface area contributed by atoms with Crippen molar-refractivity contribution in [1.82, 2.24) is 0 Å². The first kappa shape index (κ1) is 15.1. The van der Waals surface area contributed by atoms with Gasteiger partial charge < -0.3 is 10.5 Å². The van der Waals surface area contributed by atoms with Crippen molar-refractivity contribution in [3.8, 4) is 11.5 Å². The minimum absolute atomic E-state index is 0.0682. The molecule has 0 atom stereocenters. The predicted molar refractivity (Wildman–Crippen MR) is 80.6 cm³/mol. The molecule has 0 aromatic heterocycles. The number of nitrogen functional groups attached to an aromatic ring is 1. The van der Waals surface area contributed by atoms with E-state index in [0.29, 0.717) is 0 Å². The minimum atomic E-state index is -0.559. The summed E-state index contributed by atoms with van der Waals surface area (Å²) in [5, 5.41) is 18.5. The molecule has 21 heavy (non-hydrogen) atoms. The summed E-state index contributed by atoms with van der Waals surface area (Å²) in [5.41, 5.74) is 5.55. The van der Waals surface area contributed by atoms with Gasteiger partial charge in [-0.3, -0.25) is 15.5 Å². The number of amidine groups is 1. The summed E-state index contributed by atoms with van der Waals surface area (Å²) in [4.78, 5) is 10.1. The van der Waals surface area contributed by atoms with E-state index in [2.05, 4.69) is 0 Å². The molecule has 2 aromatic rings. The van der Waals surface area contributed by atoms with Crippen molar-refractivity contribution in [2.24, 2.45) is 5.73 Å². The van der Waals surface area contributed by atoms with Gasteiger partial charge in [0, 0.05) is 12.1 Å². The molecule has 0 saturated heterocycles. The number of benzene rings is 2. The van der Waals surface area contributed by atoms with Crippen molar-refractivity contribution < 1.29 is 9.66 Å². The van der Waals surface area contributed by atoms with Crippen LogP contribution >= 0.6 is 23.2 Å². The van der Waals surface area contributed by atoms with Gasteiger partial charge in [0.05, 0.1) is 20.5 Å². The lowest BCUT2D eigenvalue weighted by Gasteiger charge is -2.12. The molecule has 108 valence electrons. The molecule has 0 fully saturated rings. The number of non-ortho nitro benzene ring substituents is 1. The summed E-state index contributed by atoms with van der Waals surface area (Å²) in [6, 6.07) is 8.58. The smallest absolute Gasteiger partial charge is 0.271 e. The van der Waals surface area contributed by atoms with Gasteiger partial charge in [0.2, 0.25) is 0 Å². The molecule has 0 heterocycles. The van der Waals surface area contributed by atoms with Crippen LogP contribution in [0.2, 0.25) is 10.0 Å². The molecule has 0 bridgehead atoms. The Morgan fingerprint density at radius 3 is 2.48 bits per heavy atom. The summed E-state index contributed by atoms with van der Waals surface area (Å²) >= 11 is 11.9. The summed E-state index contributed by atoms with van der Waals surface area (Å²) in [5.74, 6) is 0.187. The van der Waals surface area contributed by atoms with Crippen molar-refractivity contribution in [3.63, 3.8) is 0 Å². The lowest BCUT2D eigenvalue weighted by atomic mass is 10.2. The number of nitro benzene ring substituents is 1. The van der Waals surface area contributed by atoms with Gasteiger partial charge in [0.25, 0.3) is 5.69 Å². The van der Waals surface area contributed by atoms with E-state index >= 15 is 0 Å². The van der Waals surface area contributed by atoms with Gasteiger partial charge in [-0.05, 0) is 18.2 Å². The number of ether oxygens (including phenoxy) is 1. The monoisotopic (exact) mass is 325 g/mol. The minimum Gasteiger partial charge on any atom is -0.455 e. The van der Waals surface area contributed by atoms with Crippen molar-refractivity contribution >= 4 is 34.7 Å². The third-order valence-electron chi connectivity index (χ3n) is 2.59. The molecule has 2 aromatic carbocycles. The van der Waals surface area contributed by atoms with E-state index in [1.807, 2.05) is 0 Å². The Balaban J connectivity index is 2.42. The first-order chi connectivity index (χ1) is 9.90. The first-order valence-corrected chi connectivity index (χ1v) is 6.40. The summed E-state index contributed by atoms with van der Waals surface area (Å²) in [6.07, 6.45) is 0. The van der Waals surface area contributed by atoms with Crippen molar-refractivity contribution in [2.75, 3.05) is 0 Å². The molecule has 0 unspecified atom stereocenters. The van der Waals surface area contributed by atoms with Crippen LogP contribution in [0.1, 0.15) is 5.56 Å². The van der Waals surface area contributed by atoms with Crippen LogP contribution in [0.15, 0.2) is 36.4 Å². The van der Waals surface area contributed by atoms with Crippen LogP contribution in [0.5, 0.6) is 11.5 Å². The van der Waals surface area contributed by atoms with Gasteiger partial charge in [0.15, 0.2) is 0 Å². The number of nitrogens with two attached hydrogens (primary N) is 1. The Morgan fingerprint density at radius 1 is 1.19 bits per heavy atom. The number of nitrogens with one attached hydrogen (secondary N) is 1. The topological polar surface area (TPSA) is 102 Å². The highest BCUT2D eigenvalue weighted by Crippen LogP contribution is 2.35. The first-order valence-electron chi connectivity index (χ1n) is 5.65. The van der Waals surface area contributed by atoms with Crippen LogP contribution in [0.4, 0.5) is 5.69 Å². The van der Waals surface area contributed by atoms with E-state index in [1.165, 1.54) is 18.2 Å². The predicted octanol–water partition coefficient (Wildman–Crippen LogP) is 3.98. The second-order valence-electron chi connectivity index (χ2n) is 4.00. The highest BCUT2D eigenvalue weighted by atomic mass is 35.5. The SMILES string of the molecule is N=C(N)c1c(Cl)cccc1Oc1ccc([N+](=O)[O-])cc1Cl. The third-order valence-corrected chi connectivity index (χ3v) is 3.20. The van der Waals surface area contributed by atoms with Crippen molar-refractivity contribution in [1.29, 1.82) is 5.41 Å². The van der Waals surface area contributed by atoms with E-state index in [0.717, 1.165) is 0 Å². The van der Waals surface area contributed by atoms with Crippen LogP contribution in [-0.4, -0.2) is 10.8 Å². The van der Waals surface area contributed by atoms with Crippen LogP contribution in [-0.2, 0) is 0 Å². The number of hydrogen-bond donors (Lipinski definition) is 2. The highest BCUT2D eigenvalue weighted by Gasteiger charge is 2.15. The summed E-state index contributed by atoms with van der Waals surface area (Å²) in [6.45, 7) is 0. The van der Waals surface area contributed by atoms with Gasteiger partial charge in [0.1, 0.15) is 17.3 Å². The maximum atomic E-state index is 10.7. The van der Waals surface area contributed by atoms with Gasteiger partial charge in [-0.1, -0.05) is 29.3 Å². The normalized spacial score (nSPS) is 10.2. The fourth-order valence-corrected chi connectivity index (χ4v) is 2.14. The average Bonchev–Trinajstić information content (AvgIpc) is 2.40. The number of rotatable bonds is 4. The molecule has 0 radical (unpaired) electrons. The summed E-state index contributed by atoms with van der Waals surface area (Å²) < 4.78 is 5.56. The van der Waals surface area contributed by atoms with Gasteiger partial charge in [-0.15, -0.1) is 0 Å². The van der Waals surface area contributed by atoms with E-state index in [9.17, 15) is 10.1 Å². The molecule has 0 spiro atoms. The van der Waals surface area contributed by atoms with Gasteiger partial charge >= 0.3 is 0 Å². The van der Waals surface area contributed by atoms with Crippen molar-refractivity contribution in [3.05, 3.63) is 62.1 Å². The number of nitro groups is 1. The maximum Gasteiger partial charge on any atom is 0.271 e. The highest BCUT2D eigenvalue weighted by molar-refractivity contribution is 6.34. The molecular formula is C13H9Cl2N3O3. The Hall–Kier alpha value is -2.31. The molecular weight excluding hydrogens is 317 g/mol. The molecule has 0 saturated carbocycles. The third kappa shape index (κ3) is 3.24. The lowest BCUT2D eigenvalue weighted by molar-refractivity contribution is -0.384. The fourth-order valence-electron chi connectivity index (χ4n) is 1.66. The van der Waals surface area contributed by atoms with Crippen molar-refractivity contribution in [2.45, 2.75) is 0 Å². The standard InChI is InChI=1S/C13H9Cl2N3O3/c14-8-2-1-3-11(12(8)13(16)17)21-10-5-4-7(18(19)20)6-9(10)15/h1-6H,(H3,16,17). The lowest BCUT2D eigenvalue weighted by Crippen LogP contribution is -2.13. The largest absolute Gasteiger partial charge is 0.455 e. The molecule has 0 aliphatic rings. The van der Waals surface area contributed by atoms with Crippen LogP contribution in [0, 0.1) is 15.5 Å². The second kappa shape index (κ2) is 5.99. The maximum absolute atomic E-state index is 10.7. The zero-order valence-electron chi connectivity index (χ0n) is 10.5. The molecule has 0 aliphatic heterocycles.